The van der Waals surface area contributed by atoms with Crippen LogP contribution in [0.1, 0.15) is 19.4 Å². The van der Waals surface area contributed by atoms with Gasteiger partial charge in [0.25, 0.3) is 5.91 Å². The fraction of sp³-hybridized carbons (Fsp3) is 0.438. The molecule has 0 spiro atoms. The molecule has 0 aliphatic rings. The van der Waals surface area contributed by atoms with Crippen molar-refractivity contribution in [2.24, 2.45) is 0 Å². The summed E-state index contributed by atoms with van der Waals surface area (Å²) < 4.78 is 24.5. The maximum Gasteiger partial charge on any atom is 0.255 e. The standard InChI is InChI=1S/C16H25N5O3S3/c1-5-21(6-2)16(26)20(4)18-27(23,24)12-14(22)17-19(3)15(25)13-10-8-7-9-11-13/h7-11,18H,5-6,12H2,1-4H3,(H,17,22). The van der Waals surface area contributed by atoms with E-state index in [0.29, 0.717) is 23.2 Å². The minimum Gasteiger partial charge on any atom is -0.349 e. The molecule has 0 radical (unpaired) electrons. The predicted molar refractivity (Wildman–Crippen MR) is 114 cm³/mol. The largest absolute Gasteiger partial charge is 0.349 e. The molecule has 150 valence electrons. The number of thiocarbonyl (C=S) groups is 2. The van der Waals surface area contributed by atoms with Crippen LogP contribution in [0.15, 0.2) is 30.3 Å². The quantitative estimate of drug-likeness (QED) is 0.483. The molecule has 0 unspecified atom stereocenters. The third kappa shape index (κ3) is 7.37. The van der Waals surface area contributed by atoms with Crippen LogP contribution in [-0.2, 0) is 14.8 Å². The lowest BCUT2D eigenvalue weighted by atomic mass is 10.2. The first-order valence-corrected chi connectivity index (χ1v) is 10.7. The van der Waals surface area contributed by atoms with Crippen molar-refractivity contribution < 1.29 is 13.2 Å². The van der Waals surface area contributed by atoms with Crippen molar-refractivity contribution in [2.75, 3.05) is 32.9 Å². The van der Waals surface area contributed by atoms with Gasteiger partial charge in [0, 0.05) is 32.7 Å². The van der Waals surface area contributed by atoms with Crippen molar-refractivity contribution in [3.8, 4) is 0 Å². The van der Waals surface area contributed by atoms with Gasteiger partial charge in [0.1, 0.15) is 10.7 Å². The van der Waals surface area contributed by atoms with Gasteiger partial charge in [-0.25, -0.2) is 8.42 Å². The summed E-state index contributed by atoms with van der Waals surface area (Å²) >= 11 is 10.5. The number of nitrogens with one attached hydrogen (secondary N) is 2. The molecule has 1 amide bonds. The molecule has 2 N–H and O–H groups in total. The van der Waals surface area contributed by atoms with Gasteiger partial charge in [0.15, 0.2) is 5.11 Å². The van der Waals surface area contributed by atoms with Gasteiger partial charge in [-0.15, -0.1) is 4.83 Å². The summed E-state index contributed by atoms with van der Waals surface area (Å²) in [6.45, 7) is 5.11. The van der Waals surface area contributed by atoms with E-state index in [4.69, 9.17) is 24.4 Å². The van der Waals surface area contributed by atoms with Crippen LogP contribution in [0.3, 0.4) is 0 Å². The van der Waals surface area contributed by atoms with E-state index >= 15 is 0 Å². The van der Waals surface area contributed by atoms with Crippen LogP contribution in [0.2, 0.25) is 0 Å². The molecule has 1 rings (SSSR count). The Hall–Kier alpha value is -1.82. The Balaban J connectivity index is 2.64. The van der Waals surface area contributed by atoms with Crippen LogP contribution in [-0.4, -0.2) is 72.3 Å². The Morgan fingerprint density at radius 2 is 1.59 bits per heavy atom. The fourth-order valence-corrected chi connectivity index (χ4v) is 3.72. The average Bonchev–Trinajstić information content (AvgIpc) is 2.61. The summed E-state index contributed by atoms with van der Waals surface area (Å²) in [4.78, 5) is 16.6. The molecule has 0 saturated heterocycles. The molecular weight excluding hydrogens is 406 g/mol. The molecule has 0 aromatic heterocycles. The highest BCUT2D eigenvalue weighted by Gasteiger charge is 2.22. The topological polar surface area (TPSA) is 85.0 Å². The molecule has 11 heteroatoms. The highest BCUT2D eigenvalue weighted by Crippen LogP contribution is 2.03. The molecule has 0 fully saturated rings. The number of nitrogens with zero attached hydrogens (tertiary/aromatic N) is 3. The van der Waals surface area contributed by atoms with E-state index in [0.717, 1.165) is 5.56 Å². The zero-order chi connectivity index (χ0) is 20.6. The Morgan fingerprint density at radius 1 is 1.04 bits per heavy atom. The third-order valence-corrected chi connectivity index (χ3v) is 5.77. The first-order chi connectivity index (χ1) is 12.6. The van der Waals surface area contributed by atoms with Gasteiger partial charge in [0.05, 0.1) is 0 Å². The van der Waals surface area contributed by atoms with Gasteiger partial charge in [-0.2, -0.15) is 0 Å². The Labute approximate surface area is 171 Å². The molecule has 1 aromatic rings. The second-order valence-electron chi connectivity index (χ2n) is 5.63. The van der Waals surface area contributed by atoms with Crippen LogP contribution < -0.4 is 10.3 Å². The average molecular weight is 432 g/mol. The number of carbonyl (C=O) groups is 1. The van der Waals surface area contributed by atoms with Gasteiger partial charge in [-0.05, 0) is 26.1 Å². The molecule has 27 heavy (non-hydrogen) atoms. The smallest absolute Gasteiger partial charge is 0.255 e. The first-order valence-electron chi connectivity index (χ1n) is 8.26. The summed E-state index contributed by atoms with van der Waals surface area (Å²) in [7, 11) is -0.888. The van der Waals surface area contributed by atoms with Crippen LogP contribution in [0, 0.1) is 0 Å². The molecule has 8 nitrogen and oxygen atoms in total. The molecule has 0 saturated carbocycles. The van der Waals surface area contributed by atoms with Crippen molar-refractivity contribution in [1.29, 1.82) is 0 Å². The lowest BCUT2D eigenvalue weighted by molar-refractivity contribution is -0.121. The van der Waals surface area contributed by atoms with Crippen molar-refractivity contribution in [1.82, 2.24) is 25.2 Å². The zero-order valence-corrected chi connectivity index (χ0v) is 18.2. The van der Waals surface area contributed by atoms with Crippen molar-refractivity contribution in [3.05, 3.63) is 35.9 Å². The van der Waals surface area contributed by atoms with Crippen LogP contribution in [0.4, 0.5) is 0 Å². The monoisotopic (exact) mass is 431 g/mol. The third-order valence-electron chi connectivity index (χ3n) is 3.54. The van der Waals surface area contributed by atoms with E-state index in [2.05, 4.69) is 10.3 Å². The predicted octanol–water partition coefficient (Wildman–Crippen LogP) is 0.718. The molecule has 0 aliphatic carbocycles. The van der Waals surface area contributed by atoms with Gasteiger partial charge in [-0.1, -0.05) is 42.5 Å². The Kier molecular flexibility index (Phi) is 9.03. The van der Waals surface area contributed by atoms with Crippen LogP contribution >= 0.6 is 24.4 Å². The van der Waals surface area contributed by atoms with E-state index in [1.165, 1.54) is 17.1 Å². The molecule has 0 heterocycles. The van der Waals surface area contributed by atoms with E-state index in [9.17, 15) is 13.2 Å². The number of amides is 1. The molecule has 0 atom stereocenters. The van der Waals surface area contributed by atoms with E-state index in [-0.39, 0.29) is 0 Å². The molecule has 1 aromatic carbocycles. The number of carbonyl (C=O) groups excluding carboxylic acids is 1. The van der Waals surface area contributed by atoms with Crippen molar-refractivity contribution >= 4 is 50.5 Å². The van der Waals surface area contributed by atoms with Crippen molar-refractivity contribution in [3.63, 3.8) is 0 Å². The van der Waals surface area contributed by atoms with E-state index in [1.54, 1.807) is 19.2 Å². The molecular formula is C16H25N5O3S3. The minimum absolute atomic E-state index is 0.325. The second kappa shape index (κ2) is 10.5. The SMILES string of the molecule is CCN(CC)C(=S)N(C)NS(=O)(=O)CC(=O)NN(C)C(=S)c1ccccc1. The fourth-order valence-electron chi connectivity index (χ4n) is 2.20. The lowest BCUT2D eigenvalue weighted by Gasteiger charge is -2.29. The summed E-state index contributed by atoms with van der Waals surface area (Å²) in [5.74, 6) is -1.48. The van der Waals surface area contributed by atoms with E-state index < -0.39 is 21.7 Å². The van der Waals surface area contributed by atoms with Gasteiger partial charge in [0.2, 0.25) is 10.0 Å². The normalized spacial score (nSPS) is 10.8. The number of hydrogen-bond acceptors (Lipinski definition) is 5. The Bertz CT molecular complexity index is 767. The maximum absolute atomic E-state index is 12.2. The number of hydrazine groups is 2. The lowest BCUT2D eigenvalue weighted by Crippen LogP contribution is -2.52. The van der Waals surface area contributed by atoms with Crippen molar-refractivity contribution in [2.45, 2.75) is 13.8 Å². The number of hydrogen-bond donors (Lipinski definition) is 2. The summed E-state index contributed by atoms with van der Waals surface area (Å²) in [5.41, 5.74) is 3.19. The number of benzene rings is 1. The summed E-state index contributed by atoms with van der Waals surface area (Å²) in [6.07, 6.45) is 0. The minimum atomic E-state index is -3.93. The first kappa shape index (κ1) is 23.2. The van der Waals surface area contributed by atoms with Gasteiger partial charge in [-0.3, -0.25) is 20.2 Å². The molecule has 0 bridgehead atoms. The van der Waals surface area contributed by atoms with Crippen LogP contribution in [0.25, 0.3) is 0 Å². The number of sulfonamides is 1. The van der Waals surface area contributed by atoms with Crippen LogP contribution in [0.5, 0.6) is 0 Å². The van der Waals surface area contributed by atoms with Gasteiger partial charge < -0.3 is 4.90 Å². The second-order valence-corrected chi connectivity index (χ2v) is 8.08. The highest BCUT2D eigenvalue weighted by molar-refractivity contribution is 7.90. The summed E-state index contributed by atoms with van der Waals surface area (Å²) in [6, 6.07) is 9.08. The molecule has 0 aliphatic heterocycles. The van der Waals surface area contributed by atoms with Gasteiger partial charge >= 0.3 is 0 Å². The maximum atomic E-state index is 12.2. The summed E-state index contributed by atoms with van der Waals surface area (Å²) in [5, 5.41) is 2.85. The zero-order valence-electron chi connectivity index (χ0n) is 15.8. The Morgan fingerprint density at radius 3 is 2.11 bits per heavy atom. The number of rotatable bonds is 7. The highest BCUT2D eigenvalue weighted by atomic mass is 32.2. The van der Waals surface area contributed by atoms with E-state index in [1.807, 2.05) is 36.9 Å².